The van der Waals surface area contributed by atoms with Gasteiger partial charge in [-0.2, -0.15) is 0 Å². The highest BCUT2D eigenvalue weighted by Gasteiger charge is 2.27. The number of aromatic nitrogens is 1. The van der Waals surface area contributed by atoms with Crippen molar-refractivity contribution in [3.05, 3.63) is 59.3 Å². The molecule has 1 saturated carbocycles. The molecule has 1 aliphatic rings. The van der Waals surface area contributed by atoms with E-state index in [1.54, 1.807) is 11.0 Å². The van der Waals surface area contributed by atoms with Crippen LogP contribution in [0.5, 0.6) is 5.75 Å². The minimum Gasteiger partial charge on any atom is -0.408 e. The number of nitrogens with zero attached hydrogens (tertiary/aromatic N) is 2. The average Bonchev–Trinajstić information content (AvgIpc) is 3.11. The summed E-state index contributed by atoms with van der Waals surface area (Å²) in [6, 6.07) is 12.3. The summed E-state index contributed by atoms with van der Waals surface area (Å²) in [6.07, 6.45) is 4.51. The minimum atomic E-state index is -0.409. The normalized spacial score (nSPS) is 13.6. The lowest BCUT2D eigenvalue weighted by molar-refractivity contribution is -0.122. The highest BCUT2D eigenvalue weighted by Crippen LogP contribution is 2.37. The van der Waals surface area contributed by atoms with E-state index in [1.807, 2.05) is 32.2 Å². The van der Waals surface area contributed by atoms with Crippen molar-refractivity contribution < 1.29 is 14.3 Å². The van der Waals surface area contributed by atoms with Crippen molar-refractivity contribution in [2.45, 2.75) is 53.5 Å². The molecule has 0 aliphatic heterocycles. The van der Waals surface area contributed by atoms with E-state index in [9.17, 15) is 9.59 Å². The minimum absolute atomic E-state index is 0.00375. The molecule has 1 aliphatic carbocycles. The fourth-order valence-electron chi connectivity index (χ4n) is 4.50. The zero-order valence-electron chi connectivity index (χ0n) is 20.0. The third-order valence-corrected chi connectivity index (χ3v) is 6.49. The van der Waals surface area contributed by atoms with Crippen LogP contribution in [-0.4, -0.2) is 34.6 Å². The number of anilines is 1. The van der Waals surface area contributed by atoms with Crippen LogP contribution in [0.25, 0.3) is 10.9 Å². The molecule has 3 aromatic rings. The van der Waals surface area contributed by atoms with Crippen LogP contribution in [-0.2, 0) is 11.3 Å². The van der Waals surface area contributed by atoms with Gasteiger partial charge in [-0.15, -0.1) is 0 Å². The van der Waals surface area contributed by atoms with Crippen molar-refractivity contribution >= 4 is 28.6 Å². The third-order valence-electron chi connectivity index (χ3n) is 6.49. The summed E-state index contributed by atoms with van der Waals surface area (Å²) in [5.41, 5.74) is 5.26. The summed E-state index contributed by atoms with van der Waals surface area (Å²) < 4.78 is 7.92. The molecular weight excluding hydrogens is 414 g/mol. The molecule has 1 N–H and O–H groups in total. The molecule has 0 unspecified atom stereocenters. The van der Waals surface area contributed by atoms with Crippen LogP contribution in [0, 0.1) is 19.8 Å². The van der Waals surface area contributed by atoms with Gasteiger partial charge in [-0.05, 0) is 64.3 Å². The summed E-state index contributed by atoms with van der Waals surface area (Å²) in [5, 5.41) is 3.96. The quantitative estimate of drug-likeness (QED) is 0.491. The van der Waals surface area contributed by atoms with E-state index in [0.717, 1.165) is 36.7 Å². The zero-order chi connectivity index (χ0) is 23.5. The van der Waals surface area contributed by atoms with Gasteiger partial charge in [-0.1, -0.05) is 35.7 Å². The Morgan fingerprint density at radius 1 is 1.06 bits per heavy atom. The van der Waals surface area contributed by atoms with E-state index in [2.05, 4.69) is 41.9 Å². The maximum atomic E-state index is 12.8. The molecule has 2 aromatic carbocycles. The Balaban J connectivity index is 1.70. The number of hydrogen-bond acceptors (Lipinski definition) is 3. The molecule has 33 heavy (non-hydrogen) atoms. The molecule has 0 atom stereocenters. The van der Waals surface area contributed by atoms with Crippen molar-refractivity contribution in [3.63, 3.8) is 0 Å². The first-order valence-corrected chi connectivity index (χ1v) is 11.9. The Kier molecular flexibility index (Phi) is 6.72. The SMILES string of the molecule is CCN(CC)C(=O)Oc1ccc2c(ccn2Cc2cc(C)cc(C)c2)c1NC(=O)C1CCC1. The largest absolute Gasteiger partial charge is 0.415 e. The van der Waals surface area contributed by atoms with Gasteiger partial charge in [0.15, 0.2) is 5.75 Å². The Labute approximate surface area is 195 Å². The second-order valence-corrected chi connectivity index (χ2v) is 8.97. The second-order valence-electron chi connectivity index (χ2n) is 8.97. The van der Waals surface area contributed by atoms with Gasteiger partial charge >= 0.3 is 6.09 Å². The lowest BCUT2D eigenvalue weighted by Crippen LogP contribution is -2.33. The highest BCUT2D eigenvalue weighted by molar-refractivity contribution is 6.05. The van der Waals surface area contributed by atoms with Crippen molar-refractivity contribution in [2.75, 3.05) is 18.4 Å². The maximum Gasteiger partial charge on any atom is 0.415 e. The summed E-state index contributed by atoms with van der Waals surface area (Å²) in [6.45, 7) is 9.90. The molecular formula is C27H33N3O3. The van der Waals surface area contributed by atoms with E-state index in [-0.39, 0.29) is 11.8 Å². The summed E-state index contributed by atoms with van der Waals surface area (Å²) in [5.74, 6) is 0.413. The number of carbonyl (C=O) groups excluding carboxylic acids is 2. The van der Waals surface area contributed by atoms with Gasteiger partial charge in [0.05, 0.1) is 11.2 Å². The van der Waals surface area contributed by atoms with Crippen LogP contribution < -0.4 is 10.1 Å². The van der Waals surface area contributed by atoms with Gasteiger partial charge in [-0.3, -0.25) is 4.79 Å². The van der Waals surface area contributed by atoms with Crippen molar-refractivity contribution in [1.82, 2.24) is 9.47 Å². The molecule has 0 saturated heterocycles. The van der Waals surface area contributed by atoms with Crippen LogP contribution in [0.15, 0.2) is 42.6 Å². The van der Waals surface area contributed by atoms with Crippen LogP contribution >= 0.6 is 0 Å². The van der Waals surface area contributed by atoms with Gasteiger partial charge < -0.3 is 19.5 Å². The van der Waals surface area contributed by atoms with Crippen molar-refractivity contribution in [3.8, 4) is 5.75 Å². The predicted molar refractivity (Wildman–Crippen MR) is 132 cm³/mol. The number of rotatable bonds is 7. The smallest absolute Gasteiger partial charge is 0.408 e. The van der Waals surface area contributed by atoms with Gasteiger partial charge in [0.1, 0.15) is 0 Å². The van der Waals surface area contributed by atoms with Crippen molar-refractivity contribution in [2.24, 2.45) is 5.92 Å². The number of ether oxygens (including phenoxy) is 1. The molecule has 6 nitrogen and oxygen atoms in total. The van der Waals surface area contributed by atoms with Gasteiger partial charge in [0, 0.05) is 37.1 Å². The first-order chi connectivity index (χ1) is 15.9. The monoisotopic (exact) mass is 447 g/mol. The highest BCUT2D eigenvalue weighted by atomic mass is 16.6. The molecule has 4 rings (SSSR count). The Morgan fingerprint density at radius 3 is 2.36 bits per heavy atom. The Morgan fingerprint density at radius 2 is 1.76 bits per heavy atom. The second kappa shape index (κ2) is 9.69. The number of fused-ring (bicyclic) bond motifs is 1. The van der Waals surface area contributed by atoms with E-state index in [4.69, 9.17) is 4.74 Å². The fourth-order valence-corrected chi connectivity index (χ4v) is 4.50. The average molecular weight is 448 g/mol. The van der Waals surface area contributed by atoms with E-state index < -0.39 is 6.09 Å². The molecule has 0 radical (unpaired) electrons. The Bertz CT molecular complexity index is 1150. The molecule has 1 heterocycles. The number of nitrogens with one attached hydrogen (secondary N) is 1. The Hall–Kier alpha value is -3.28. The molecule has 2 amide bonds. The topological polar surface area (TPSA) is 63.6 Å². The molecule has 6 heteroatoms. The van der Waals surface area contributed by atoms with Crippen LogP contribution in [0.2, 0.25) is 0 Å². The number of hydrogen-bond donors (Lipinski definition) is 1. The van der Waals surface area contributed by atoms with Crippen molar-refractivity contribution in [1.29, 1.82) is 0 Å². The molecule has 1 fully saturated rings. The zero-order valence-corrected chi connectivity index (χ0v) is 20.0. The van der Waals surface area contributed by atoms with E-state index in [1.165, 1.54) is 16.7 Å². The van der Waals surface area contributed by atoms with Gasteiger partial charge in [-0.25, -0.2) is 4.79 Å². The molecule has 174 valence electrons. The van der Waals surface area contributed by atoms with Gasteiger partial charge in [0.2, 0.25) is 5.91 Å². The van der Waals surface area contributed by atoms with E-state index >= 15 is 0 Å². The summed E-state index contributed by atoms with van der Waals surface area (Å²) in [7, 11) is 0. The fraction of sp³-hybridized carbons (Fsp3) is 0.407. The number of carbonyl (C=O) groups is 2. The summed E-state index contributed by atoms with van der Waals surface area (Å²) in [4.78, 5) is 27.1. The van der Waals surface area contributed by atoms with E-state index in [0.29, 0.717) is 24.5 Å². The molecule has 0 bridgehead atoms. The lowest BCUT2D eigenvalue weighted by Gasteiger charge is -2.25. The van der Waals surface area contributed by atoms with Crippen LogP contribution in [0.1, 0.15) is 49.8 Å². The van der Waals surface area contributed by atoms with Crippen LogP contribution in [0.3, 0.4) is 0 Å². The van der Waals surface area contributed by atoms with Gasteiger partial charge in [0.25, 0.3) is 0 Å². The predicted octanol–water partition coefficient (Wildman–Crippen LogP) is 5.89. The molecule has 1 aromatic heterocycles. The maximum absolute atomic E-state index is 12.8. The molecule has 0 spiro atoms. The lowest BCUT2D eigenvalue weighted by atomic mass is 9.85. The number of amides is 2. The number of benzene rings is 2. The van der Waals surface area contributed by atoms with Crippen LogP contribution in [0.4, 0.5) is 10.5 Å². The standard InChI is InChI=1S/C27H33N3O3/c1-5-29(6-2)27(32)33-24-11-10-23-22(25(24)28-26(31)21-8-7-9-21)12-13-30(23)17-20-15-18(3)14-19(4)16-20/h10-16,21H,5-9,17H2,1-4H3,(H,28,31). The number of aryl methyl sites for hydroxylation is 2. The third kappa shape index (κ3) is 4.90. The first kappa shape index (κ1) is 22.9. The summed E-state index contributed by atoms with van der Waals surface area (Å²) >= 11 is 0. The first-order valence-electron chi connectivity index (χ1n) is 11.9.